The molecule has 0 aliphatic carbocycles. The number of hydrogen-bond acceptors (Lipinski definition) is 3. The van der Waals surface area contributed by atoms with E-state index in [2.05, 4.69) is 22.4 Å². The lowest BCUT2D eigenvalue weighted by Gasteiger charge is -2.04. The summed E-state index contributed by atoms with van der Waals surface area (Å²) in [6, 6.07) is 6.15. The average molecular weight is 246 g/mol. The summed E-state index contributed by atoms with van der Waals surface area (Å²) in [5, 5.41) is 4.89. The number of amides is 1. The minimum absolute atomic E-state index is 0.0616. The van der Waals surface area contributed by atoms with Gasteiger partial charge in [0, 0.05) is 35.8 Å². The van der Waals surface area contributed by atoms with Crippen LogP contribution in [0.2, 0.25) is 0 Å². The predicted octanol–water partition coefficient (Wildman–Crippen LogP) is 2.84. The zero-order valence-corrected chi connectivity index (χ0v) is 10.5. The molecule has 2 aromatic heterocycles. The van der Waals surface area contributed by atoms with E-state index in [-0.39, 0.29) is 5.91 Å². The molecule has 0 aliphatic heterocycles. The van der Waals surface area contributed by atoms with Crippen LogP contribution in [0.3, 0.4) is 0 Å². The van der Waals surface area contributed by atoms with Gasteiger partial charge >= 0.3 is 0 Å². The summed E-state index contributed by atoms with van der Waals surface area (Å²) < 4.78 is 0. The summed E-state index contributed by atoms with van der Waals surface area (Å²) in [5.74, 6) is 0.0616. The molecule has 3 nitrogen and oxygen atoms in total. The summed E-state index contributed by atoms with van der Waals surface area (Å²) in [7, 11) is 0. The Bertz CT molecular complexity index is 494. The van der Waals surface area contributed by atoms with Crippen LogP contribution in [0.4, 0.5) is 0 Å². The zero-order chi connectivity index (χ0) is 12.1. The highest BCUT2D eigenvalue weighted by Gasteiger charge is 2.02. The lowest BCUT2D eigenvalue weighted by atomic mass is 10.2. The largest absolute Gasteiger partial charge is 0.352 e. The molecule has 0 spiro atoms. The Morgan fingerprint density at radius 3 is 3.06 bits per heavy atom. The standard InChI is InChI=1S/C13H14N2OS/c1-2-13(16)15-8-10-6-11(9-14-7-10)12-4-3-5-17-12/h3-7,9H,2,8H2,1H3,(H,15,16). The summed E-state index contributed by atoms with van der Waals surface area (Å²) in [5.41, 5.74) is 2.13. The molecule has 0 atom stereocenters. The maximum Gasteiger partial charge on any atom is 0.219 e. The molecule has 2 aromatic rings. The molecule has 4 heteroatoms. The number of rotatable bonds is 4. The number of nitrogens with one attached hydrogen (secondary N) is 1. The molecule has 0 aromatic carbocycles. The molecule has 1 amide bonds. The van der Waals surface area contributed by atoms with E-state index in [9.17, 15) is 4.79 Å². The van der Waals surface area contributed by atoms with Crippen molar-refractivity contribution in [2.24, 2.45) is 0 Å². The first-order chi connectivity index (χ1) is 8.29. The Morgan fingerprint density at radius 1 is 1.47 bits per heavy atom. The summed E-state index contributed by atoms with van der Waals surface area (Å²) in [6.45, 7) is 2.38. The molecule has 0 unspecified atom stereocenters. The molecule has 2 rings (SSSR count). The van der Waals surface area contributed by atoms with Crippen molar-refractivity contribution in [1.29, 1.82) is 0 Å². The van der Waals surface area contributed by atoms with Gasteiger partial charge in [-0.2, -0.15) is 0 Å². The van der Waals surface area contributed by atoms with E-state index in [0.717, 1.165) is 11.1 Å². The number of thiophene rings is 1. The highest BCUT2D eigenvalue weighted by atomic mass is 32.1. The first kappa shape index (κ1) is 11.8. The summed E-state index contributed by atoms with van der Waals surface area (Å²) in [4.78, 5) is 16.6. The van der Waals surface area contributed by atoms with Gasteiger partial charge in [0.2, 0.25) is 5.91 Å². The molecule has 2 heterocycles. The summed E-state index contributed by atoms with van der Waals surface area (Å²) in [6.07, 6.45) is 4.14. The molecule has 0 aliphatic rings. The van der Waals surface area contributed by atoms with E-state index in [1.54, 1.807) is 17.5 Å². The Kier molecular flexibility index (Phi) is 3.88. The minimum atomic E-state index is 0.0616. The third-order valence-corrected chi connectivity index (χ3v) is 3.33. The monoisotopic (exact) mass is 246 g/mol. The normalized spacial score (nSPS) is 10.2. The van der Waals surface area contributed by atoms with E-state index in [1.807, 2.05) is 24.6 Å². The third-order valence-electron chi connectivity index (χ3n) is 2.41. The van der Waals surface area contributed by atoms with Crippen molar-refractivity contribution in [2.75, 3.05) is 0 Å². The lowest BCUT2D eigenvalue weighted by Crippen LogP contribution is -2.21. The van der Waals surface area contributed by atoms with Gasteiger partial charge in [-0.15, -0.1) is 11.3 Å². The van der Waals surface area contributed by atoms with E-state index in [4.69, 9.17) is 0 Å². The van der Waals surface area contributed by atoms with E-state index in [1.165, 1.54) is 4.88 Å². The first-order valence-electron chi connectivity index (χ1n) is 5.54. The first-order valence-corrected chi connectivity index (χ1v) is 6.42. The maximum absolute atomic E-state index is 11.2. The minimum Gasteiger partial charge on any atom is -0.352 e. The Balaban J connectivity index is 2.09. The van der Waals surface area contributed by atoms with Gasteiger partial charge in [0.05, 0.1) is 0 Å². The van der Waals surface area contributed by atoms with Gasteiger partial charge in [0.1, 0.15) is 0 Å². The fourth-order valence-electron chi connectivity index (χ4n) is 1.49. The van der Waals surface area contributed by atoms with Crippen molar-refractivity contribution < 1.29 is 4.79 Å². The number of aromatic nitrogens is 1. The average Bonchev–Trinajstić information content (AvgIpc) is 2.90. The van der Waals surface area contributed by atoms with Gasteiger partial charge in [-0.3, -0.25) is 9.78 Å². The van der Waals surface area contributed by atoms with Crippen molar-refractivity contribution >= 4 is 17.2 Å². The lowest BCUT2D eigenvalue weighted by molar-refractivity contribution is -0.120. The van der Waals surface area contributed by atoms with Gasteiger partial charge in [-0.25, -0.2) is 0 Å². The highest BCUT2D eigenvalue weighted by molar-refractivity contribution is 7.13. The van der Waals surface area contributed by atoms with Crippen LogP contribution in [-0.2, 0) is 11.3 Å². The van der Waals surface area contributed by atoms with Crippen LogP contribution < -0.4 is 5.32 Å². The molecule has 0 saturated carbocycles. The van der Waals surface area contributed by atoms with Gasteiger partial charge in [0.15, 0.2) is 0 Å². The number of carbonyl (C=O) groups excluding carboxylic acids is 1. The van der Waals surface area contributed by atoms with Crippen molar-refractivity contribution in [3.63, 3.8) is 0 Å². The van der Waals surface area contributed by atoms with Crippen LogP contribution in [0, 0.1) is 0 Å². The van der Waals surface area contributed by atoms with Crippen molar-refractivity contribution in [3.8, 4) is 10.4 Å². The van der Waals surface area contributed by atoms with Crippen molar-refractivity contribution in [1.82, 2.24) is 10.3 Å². The highest BCUT2D eigenvalue weighted by Crippen LogP contribution is 2.24. The molecule has 0 fully saturated rings. The van der Waals surface area contributed by atoms with Gasteiger partial charge in [-0.1, -0.05) is 13.0 Å². The third kappa shape index (κ3) is 3.14. The molecule has 1 N–H and O–H groups in total. The van der Waals surface area contributed by atoms with Crippen LogP contribution in [0.1, 0.15) is 18.9 Å². The van der Waals surface area contributed by atoms with E-state index < -0.39 is 0 Å². The van der Waals surface area contributed by atoms with E-state index in [0.29, 0.717) is 13.0 Å². The Morgan fingerprint density at radius 2 is 2.35 bits per heavy atom. The molecule has 0 bridgehead atoms. The number of hydrogen-bond donors (Lipinski definition) is 1. The van der Waals surface area contributed by atoms with Crippen molar-refractivity contribution in [2.45, 2.75) is 19.9 Å². The van der Waals surface area contributed by atoms with Crippen LogP contribution >= 0.6 is 11.3 Å². The van der Waals surface area contributed by atoms with Crippen LogP contribution in [0.25, 0.3) is 10.4 Å². The molecule has 17 heavy (non-hydrogen) atoms. The Hall–Kier alpha value is -1.68. The second kappa shape index (κ2) is 5.59. The van der Waals surface area contributed by atoms with Crippen LogP contribution in [-0.4, -0.2) is 10.9 Å². The number of pyridine rings is 1. The fraction of sp³-hybridized carbons (Fsp3) is 0.231. The number of carbonyl (C=O) groups is 1. The fourth-order valence-corrected chi connectivity index (χ4v) is 2.20. The molecule has 88 valence electrons. The van der Waals surface area contributed by atoms with Crippen LogP contribution in [0.15, 0.2) is 36.0 Å². The van der Waals surface area contributed by atoms with Gasteiger partial charge in [-0.05, 0) is 23.1 Å². The Labute approximate surface area is 105 Å². The smallest absolute Gasteiger partial charge is 0.219 e. The van der Waals surface area contributed by atoms with Gasteiger partial charge < -0.3 is 5.32 Å². The molecular weight excluding hydrogens is 232 g/mol. The van der Waals surface area contributed by atoms with Crippen molar-refractivity contribution in [3.05, 3.63) is 41.5 Å². The maximum atomic E-state index is 11.2. The molecular formula is C13H14N2OS. The summed E-state index contributed by atoms with van der Waals surface area (Å²) >= 11 is 1.69. The molecule has 0 saturated heterocycles. The zero-order valence-electron chi connectivity index (χ0n) is 9.64. The quantitative estimate of drug-likeness (QED) is 0.901. The second-order valence-corrected chi connectivity index (χ2v) is 4.64. The molecule has 0 radical (unpaired) electrons. The number of nitrogens with zero attached hydrogens (tertiary/aromatic N) is 1. The van der Waals surface area contributed by atoms with E-state index >= 15 is 0 Å². The topological polar surface area (TPSA) is 42.0 Å². The SMILES string of the molecule is CCC(=O)NCc1cncc(-c2cccs2)c1. The van der Waals surface area contributed by atoms with Gasteiger partial charge in [0.25, 0.3) is 0 Å². The predicted molar refractivity (Wildman–Crippen MR) is 69.7 cm³/mol. The second-order valence-electron chi connectivity index (χ2n) is 3.69. The van der Waals surface area contributed by atoms with Crippen LogP contribution in [0.5, 0.6) is 0 Å².